The van der Waals surface area contributed by atoms with Crippen molar-refractivity contribution in [1.82, 2.24) is 0 Å². The van der Waals surface area contributed by atoms with Crippen molar-refractivity contribution >= 4 is 0 Å². The summed E-state index contributed by atoms with van der Waals surface area (Å²) in [5.41, 5.74) is 1.72. The molecule has 10 heavy (non-hydrogen) atoms. The van der Waals surface area contributed by atoms with Crippen molar-refractivity contribution in [1.29, 1.82) is 0 Å². The molecule has 0 heterocycles. The number of allylic oxidation sites excluding steroid dienone is 4. The standard InChI is InChI=1S/C9H11.Ru/c1-2-5-9-7-3-6-8(9)4-1;/h1-2,8H,3-4,6-7H2;. The summed E-state index contributed by atoms with van der Waals surface area (Å²) < 4.78 is 1.48. The maximum atomic E-state index is 2.75. The molecule has 0 aromatic heterocycles. The van der Waals surface area contributed by atoms with Crippen LogP contribution in [0.3, 0.4) is 0 Å². The van der Waals surface area contributed by atoms with Gasteiger partial charge in [-0.1, -0.05) is 0 Å². The minimum atomic E-state index is 0.918. The molecule has 2 aliphatic rings. The molecular weight excluding hydrogens is 209 g/mol. The minimum absolute atomic E-state index is 0.918. The fraction of sp³-hybridized carbons (Fsp3) is 0.556. The molecule has 2 rings (SSSR count). The van der Waals surface area contributed by atoms with E-state index in [9.17, 15) is 0 Å². The van der Waals surface area contributed by atoms with Crippen molar-refractivity contribution in [3.05, 3.63) is 21.9 Å². The van der Waals surface area contributed by atoms with E-state index in [1.807, 2.05) is 0 Å². The van der Waals surface area contributed by atoms with Crippen LogP contribution >= 0.6 is 0 Å². The van der Waals surface area contributed by atoms with E-state index in [0.29, 0.717) is 0 Å². The van der Waals surface area contributed by atoms with Crippen LogP contribution in [-0.4, -0.2) is 0 Å². The van der Waals surface area contributed by atoms with Crippen molar-refractivity contribution in [2.24, 2.45) is 5.92 Å². The fourth-order valence-corrected chi connectivity index (χ4v) is 2.70. The quantitative estimate of drug-likeness (QED) is 0.550. The monoisotopic (exact) mass is 221 g/mol. The first-order valence-corrected chi connectivity index (χ1v) is 4.78. The molecule has 1 fully saturated rings. The van der Waals surface area contributed by atoms with Crippen LogP contribution in [0, 0.1) is 5.92 Å². The van der Waals surface area contributed by atoms with Crippen LogP contribution in [0.15, 0.2) is 21.9 Å². The Bertz CT molecular complexity index is 201. The second-order valence-electron chi connectivity index (χ2n) is 3.09. The molecule has 55 valence electrons. The molecule has 0 aromatic carbocycles. The Morgan fingerprint density at radius 1 is 1.50 bits per heavy atom. The molecule has 1 atom stereocenters. The predicted molar refractivity (Wildman–Crippen MR) is 38.1 cm³/mol. The van der Waals surface area contributed by atoms with Gasteiger partial charge in [0.05, 0.1) is 0 Å². The summed E-state index contributed by atoms with van der Waals surface area (Å²) in [6, 6.07) is 0. The van der Waals surface area contributed by atoms with Gasteiger partial charge < -0.3 is 0 Å². The molecule has 1 unspecified atom stereocenters. The van der Waals surface area contributed by atoms with E-state index in [1.54, 1.807) is 5.57 Å². The van der Waals surface area contributed by atoms with Crippen molar-refractivity contribution < 1.29 is 18.3 Å². The van der Waals surface area contributed by atoms with Gasteiger partial charge in [-0.15, -0.1) is 0 Å². The molecule has 0 bridgehead atoms. The zero-order valence-electron chi connectivity index (χ0n) is 5.91. The molecule has 0 aromatic rings. The van der Waals surface area contributed by atoms with Crippen LogP contribution in [0.2, 0.25) is 0 Å². The zero-order valence-corrected chi connectivity index (χ0v) is 7.65. The molecule has 2 aliphatic carbocycles. The van der Waals surface area contributed by atoms with Gasteiger partial charge in [0.15, 0.2) is 0 Å². The Morgan fingerprint density at radius 2 is 2.40 bits per heavy atom. The molecule has 1 heteroatoms. The van der Waals surface area contributed by atoms with Crippen LogP contribution in [0.4, 0.5) is 0 Å². The Kier molecular flexibility index (Phi) is 1.78. The van der Waals surface area contributed by atoms with Crippen LogP contribution in [0.5, 0.6) is 0 Å². The number of hydrogen-bond acceptors (Lipinski definition) is 0. The molecule has 0 nitrogen and oxygen atoms in total. The van der Waals surface area contributed by atoms with E-state index in [4.69, 9.17) is 0 Å². The first kappa shape index (κ1) is 6.79. The van der Waals surface area contributed by atoms with Gasteiger partial charge in [-0.3, -0.25) is 0 Å². The van der Waals surface area contributed by atoms with Gasteiger partial charge in [0.1, 0.15) is 0 Å². The normalized spacial score (nSPS) is 31.1. The third-order valence-corrected chi connectivity index (χ3v) is 3.32. The van der Waals surface area contributed by atoms with Crippen molar-refractivity contribution in [3.63, 3.8) is 0 Å². The Labute approximate surface area is 72.1 Å². The maximum absolute atomic E-state index is 2.75. The van der Waals surface area contributed by atoms with Gasteiger partial charge in [0.2, 0.25) is 0 Å². The van der Waals surface area contributed by atoms with Crippen LogP contribution in [0.25, 0.3) is 0 Å². The van der Waals surface area contributed by atoms with E-state index in [2.05, 4.69) is 30.5 Å². The summed E-state index contributed by atoms with van der Waals surface area (Å²) in [5.74, 6) is 0.918. The average Bonchev–Trinajstić information content (AvgIpc) is 2.36. The van der Waals surface area contributed by atoms with E-state index >= 15 is 0 Å². The summed E-state index contributed by atoms with van der Waals surface area (Å²) in [6.45, 7) is 0. The molecular formula is C9H11Ru. The molecule has 0 radical (unpaired) electrons. The Morgan fingerprint density at radius 3 is 3.20 bits per heavy atom. The van der Waals surface area contributed by atoms with Crippen LogP contribution in [-0.2, 0) is 18.3 Å². The molecule has 0 amide bonds. The van der Waals surface area contributed by atoms with Gasteiger partial charge >= 0.3 is 71.8 Å². The van der Waals surface area contributed by atoms with E-state index < -0.39 is 0 Å². The third kappa shape index (κ3) is 1.01. The predicted octanol–water partition coefficient (Wildman–Crippen LogP) is 2.55. The molecule has 1 saturated carbocycles. The Balaban J connectivity index is 2.32. The van der Waals surface area contributed by atoms with Crippen molar-refractivity contribution in [2.45, 2.75) is 25.7 Å². The van der Waals surface area contributed by atoms with E-state index in [0.717, 1.165) is 5.92 Å². The van der Waals surface area contributed by atoms with Gasteiger partial charge in [-0.25, -0.2) is 0 Å². The first-order chi connectivity index (χ1) is 4.88. The summed E-state index contributed by atoms with van der Waals surface area (Å²) >= 11 is 2.75. The van der Waals surface area contributed by atoms with Gasteiger partial charge in [0.25, 0.3) is 0 Å². The third-order valence-electron chi connectivity index (χ3n) is 2.47. The topological polar surface area (TPSA) is 0 Å². The zero-order chi connectivity index (χ0) is 6.97. The SMILES string of the molecule is [Ru][C]1=C2CCCC2CC=C1. The number of hydrogen-bond donors (Lipinski definition) is 0. The van der Waals surface area contributed by atoms with Gasteiger partial charge in [0, 0.05) is 0 Å². The Hall–Kier alpha value is 0.103. The molecule has 0 aliphatic heterocycles. The molecule has 0 spiro atoms. The number of rotatable bonds is 0. The summed E-state index contributed by atoms with van der Waals surface area (Å²) in [5, 5.41) is 0. The van der Waals surface area contributed by atoms with E-state index in [1.165, 1.54) is 29.9 Å². The summed E-state index contributed by atoms with van der Waals surface area (Å²) in [4.78, 5) is 0. The van der Waals surface area contributed by atoms with Gasteiger partial charge in [-0.2, -0.15) is 0 Å². The average molecular weight is 220 g/mol. The molecule has 0 saturated heterocycles. The second-order valence-corrected chi connectivity index (χ2v) is 4.02. The van der Waals surface area contributed by atoms with Crippen molar-refractivity contribution in [3.8, 4) is 0 Å². The second kappa shape index (κ2) is 2.62. The first-order valence-electron chi connectivity index (χ1n) is 3.92. The number of fused-ring (bicyclic) bond motifs is 1. The van der Waals surface area contributed by atoms with Gasteiger partial charge in [-0.05, 0) is 0 Å². The molecule has 0 N–H and O–H groups in total. The van der Waals surface area contributed by atoms with Crippen LogP contribution < -0.4 is 0 Å². The van der Waals surface area contributed by atoms with E-state index in [-0.39, 0.29) is 0 Å². The summed E-state index contributed by atoms with van der Waals surface area (Å²) in [7, 11) is 0. The fourth-order valence-electron chi connectivity index (χ4n) is 1.92. The van der Waals surface area contributed by atoms with Crippen LogP contribution in [0.1, 0.15) is 25.7 Å². The summed E-state index contributed by atoms with van der Waals surface area (Å²) in [6.07, 6.45) is 10.1. The van der Waals surface area contributed by atoms with Crippen molar-refractivity contribution in [2.75, 3.05) is 0 Å².